The Labute approximate surface area is 160 Å². The molecule has 1 amide bonds. The molecule has 2 heterocycles. The molecule has 144 valence electrons. The summed E-state index contributed by atoms with van der Waals surface area (Å²) in [6.07, 6.45) is 2.52. The molecule has 7 heteroatoms. The van der Waals surface area contributed by atoms with Gasteiger partial charge in [-0.2, -0.15) is 0 Å². The van der Waals surface area contributed by atoms with Crippen LogP contribution in [-0.2, 0) is 11.2 Å². The summed E-state index contributed by atoms with van der Waals surface area (Å²) in [4.78, 5) is 23.3. The summed E-state index contributed by atoms with van der Waals surface area (Å²) in [5.74, 6) is 0.244. The third-order valence-corrected chi connectivity index (χ3v) is 4.68. The zero-order valence-electron chi connectivity index (χ0n) is 16.0. The van der Waals surface area contributed by atoms with Crippen molar-refractivity contribution in [2.45, 2.75) is 20.3 Å². The van der Waals surface area contributed by atoms with E-state index in [1.54, 1.807) is 12.3 Å². The number of rotatable bonds is 7. The molecule has 27 heavy (non-hydrogen) atoms. The van der Waals surface area contributed by atoms with Crippen molar-refractivity contribution in [1.82, 2.24) is 20.2 Å². The number of benzene rings is 1. The van der Waals surface area contributed by atoms with Crippen LogP contribution < -0.4 is 10.6 Å². The lowest BCUT2D eigenvalue weighted by Crippen LogP contribution is -2.41. The molecule has 0 aliphatic carbocycles. The molecule has 2 aromatic rings. The molecule has 0 unspecified atom stereocenters. The largest absolute Gasteiger partial charge is 0.379 e. The van der Waals surface area contributed by atoms with Gasteiger partial charge < -0.3 is 15.4 Å². The molecule has 0 saturated carbocycles. The predicted molar refractivity (Wildman–Crippen MR) is 105 cm³/mol. The molecule has 1 aromatic carbocycles. The van der Waals surface area contributed by atoms with E-state index in [2.05, 4.69) is 38.5 Å². The van der Waals surface area contributed by atoms with E-state index in [4.69, 9.17) is 4.74 Å². The van der Waals surface area contributed by atoms with Crippen LogP contribution in [0.15, 0.2) is 30.5 Å². The third-order valence-electron chi connectivity index (χ3n) is 4.68. The quantitative estimate of drug-likeness (QED) is 0.779. The second-order valence-electron chi connectivity index (χ2n) is 6.56. The minimum atomic E-state index is -0.186. The number of anilines is 2. The van der Waals surface area contributed by atoms with Crippen LogP contribution in [0, 0.1) is 6.92 Å². The Morgan fingerprint density at radius 1 is 1.26 bits per heavy atom. The molecule has 0 spiro atoms. The van der Waals surface area contributed by atoms with Gasteiger partial charge >= 0.3 is 0 Å². The first-order valence-corrected chi connectivity index (χ1v) is 9.44. The highest BCUT2D eigenvalue weighted by Crippen LogP contribution is 2.23. The Morgan fingerprint density at radius 2 is 2.07 bits per heavy atom. The molecule has 1 aliphatic rings. The van der Waals surface area contributed by atoms with E-state index < -0.39 is 0 Å². The first-order chi connectivity index (χ1) is 13.2. The minimum absolute atomic E-state index is 0.186. The van der Waals surface area contributed by atoms with Gasteiger partial charge in [-0.15, -0.1) is 0 Å². The summed E-state index contributed by atoms with van der Waals surface area (Å²) in [5, 5.41) is 6.20. The molecule has 1 fully saturated rings. The second kappa shape index (κ2) is 9.43. The fraction of sp³-hybridized carbons (Fsp3) is 0.450. The number of carbonyl (C=O) groups excluding carboxylic acids is 1. The highest BCUT2D eigenvalue weighted by Gasteiger charge is 2.13. The van der Waals surface area contributed by atoms with Crippen molar-refractivity contribution in [1.29, 1.82) is 0 Å². The number of ether oxygens (including phenoxy) is 1. The van der Waals surface area contributed by atoms with E-state index in [1.807, 2.05) is 19.1 Å². The summed E-state index contributed by atoms with van der Waals surface area (Å²) in [6, 6.07) is 7.80. The first kappa shape index (κ1) is 19.3. The number of carbonyl (C=O) groups is 1. The number of hydrogen-bond acceptors (Lipinski definition) is 6. The number of para-hydroxylation sites is 1. The Hall–Kier alpha value is -2.51. The highest BCUT2D eigenvalue weighted by molar-refractivity contribution is 5.92. The van der Waals surface area contributed by atoms with Gasteiger partial charge in [0.1, 0.15) is 5.69 Å². The van der Waals surface area contributed by atoms with Crippen molar-refractivity contribution in [3.8, 4) is 0 Å². The Bertz CT molecular complexity index is 775. The second-order valence-corrected chi connectivity index (χ2v) is 6.56. The monoisotopic (exact) mass is 369 g/mol. The molecule has 0 bridgehead atoms. The van der Waals surface area contributed by atoms with Crippen LogP contribution in [0.4, 0.5) is 11.6 Å². The van der Waals surface area contributed by atoms with Crippen molar-refractivity contribution in [3.05, 3.63) is 47.3 Å². The molecular formula is C20H27N5O2. The highest BCUT2D eigenvalue weighted by atomic mass is 16.5. The van der Waals surface area contributed by atoms with Crippen molar-refractivity contribution >= 4 is 17.5 Å². The molecule has 1 saturated heterocycles. The first-order valence-electron chi connectivity index (χ1n) is 9.44. The summed E-state index contributed by atoms with van der Waals surface area (Å²) in [5.41, 5.74) is 3.68. The Kier molecular flexibility index (Phi) is 6.73. The van der Waals surface area contributed by atoms with E-state index in [1.165, 1.54) is 5.56 Å². The van der Waals surface area contributed by atoms with Gasteiger partial charge in [0.2, 0.25) is 5.95 Å². The van der Waals surface area contributed by atoms with E-state index in [-0.39, 0.29) is 5.91 Å². The predicted octanol–water partition coefficient (Wildman–Crippen LogP) is 2.15. The molecule has 7 nitrogen and oxygen atoms in total. The number of nitrogens with one attached hydrogen (secondary N) is 2. The van der Waals surface area contributed by atoms with Crippen LogP contribution in [0.1, 0.15) is 28.5 Å². The van der Waals surface area contributed by atoms with Gasteiger partial charge in [-0.1, -0.05) is 25.1 Å². The van der Waals surface area contributed by atoms with Crippen molar-refractivity contribution in [2.24, 2.45) is 0 Å². The molecule has 0 radical (unpaired) electrons. The van der Waals surface area contributed by atoms with E-state index in [0.717, 1.165) is 50.5 Å². The lowest BCUT2D eigenvalue weighted by Gasteiger charge is -2.26. The van der Waals surface area contributed by atoms with Gasteiger partial charge in [0, 0.05) is 38.1 Å². The number of morpholine rings is 1. The van der Waals surface area contributed by atoms with Gasteiger partial charge in [-0.3, -0.25) is 9.69 Å². The van der Waals surface area contributed by atoms with Crippen LogP contribution in [-0.4, -0.2) is 60.2 Å². The van der Waals surface area contributed by atoms with Crippen LogP contribution in [0.25, 0.3) is 0 Å². The maximum absolute atomic E-state index is 12.4. The van der Waals surface area contributed by atoms with Gasteiger partial charge in [0.05, 0.1) is 13.2 Å². The molecular weight excluding hydrogens is 342 g/mol. The average Bonchev–Trinajstić information content (AvgIpc) is 2.70. The lowest BCUT2D eigenvalue weighted by molar-refractivity contribution is 0.0383. The molecule has 0 atom stereocenters. The number of aryl methyl sites for hydroxylation is 2. The maximum Gasteiger partial charge on any atom is 0.270 e. The number of amides is 1. The van der Waals surface area contributed by atoms with Crippen molar-refractivity contribution < 1.29 is 9.53 Å². The van der Waals surface area contributed by atoms with Gasteiger partial charge in [0.15, 0.2) is 0 Å². The summed E-state index contributed by atoms with van der Waals surface area (Å²) in [7, 11) is 0. The Balaban J connectivity index is 1.60. The average molecular weight is 369 g/mol. The molecule has 2 N–H and O–H groups in total. The SMILES string of the molecule is CCc1cccc(C)c1Nc1nccc(C(=O)NCCN2CCOCC2)n1. The van der Waals surface area contributed by atoms with Gasteiger partial charge in [0.25, 0.3) is 5.91 Å². The molecule has 1 aromatic heterocycles. The topological polar surface area (TPSA) is 79.4 Å². The normalized spacial score (nSPS) is 14.7. The van der Waals surface area contributed by atoms with Crippen LogP contribution >= 0.6 is 0 Å². The van der Waals surface area contributed by atoms with Crippen molar-refractivity contribution in [3.63, 3.8) is 0 Å². The van der Waals surface area contributed by atoms with Gasteiger partial charge in [-0.05, 0) is 30.5 Å². The van der Waals surface area contributed by atoms with E-state index in [0.29, 0.717) is 18.2 Å². The van der Waals surface area contributed by atoms with Crippen LogP contribution in [0.2, 0.25) is 0 Å². The Morgan fingerprint density at radius 3 is 2.85 bits per heavy atom. The fourth-order valence-electron chi connectivity index (χ4n) is 3.10. The van der Waals surface area contributed by atoms with Gasteiger partial charge in [-0.25, -0.2) is 9.97 Å². The van der Waals surface area contributed by atoms with E-state index in [9.17, 15) is 4.79 Å². The van der Waals surface area contributed by atoms with Crippen LogP contribution in [0.3, 0.4) is 0 Å². The van der Waals surface area contributed by atoms with E-state index >= 15 is 0 Å². The standard InChI is InChI=1S/C20H27N5O2/c1-3-16-6-4-5-15(2)18(16)24-20-22-8-7-17(23-20)19(26)21-9-10-25-11-13-27-14-12-25/h4-8H,3,9-14H2,1-2H3,(H,21,26)(H,22,23,24). The molecule has 3 rings (SSSR count). The van der Waals surface area contributed by atoms with Crippen molar-refractivity contribution in [2.75, 3.05) is 44.7 Å². The summed E-state index contributed by atoms with van der Waals surface area (Å²) >= 11 is 0. The zero-order valence-corrected chi connectivity index (χ0v) is 16.0. The fourth-order valence-corrected chi connectivity index (χ4v) is 3.10. The molecule has 1 aliphatic heterocycles. The van der Waals surface area contributed by atoms with Crippen LogP contribution in [0.5, 0.6) is 0 Å². The smallest absolute Gasteiger partial charge is 0.270 e. The zero-order chi connectivity index (χ0) is 19.1. The maximum atomic E-state index is 12.4. The summed E-state index contributed by atoms with van der Waals surface area (Å²) < 4.78 is 5.33. The number of hydrogen-bond donors (Lipinski definition) is 2. The lowest BCUT2D eigenvalue weighted by atomic mass is 10.1. The summed E-state index contributed by atoms with van der Waals surface area (Å²) in [6.45, 7) is 8.89. The third kappa shape index (κ3) is 5.24. The number of nitrogens with zero attached hydrogens (tertiary/aromatic N) is 3. The number of aromatic nitrogens is 2. The minimum Gasteiger partial charge on any atom is -0.379 e.